The third kappa shape index (κ3) is 3.63. The number of thiol groups is 1. The topological polar surface area (TPSA) is 3.24 Å². The number of anilines is 1. The lowest BCUT2D eigenvalue weighted by Crippen LogP contribution is -2.17. The molecule has 82 valence electrons. The zero-order chi connectivity index (χ0) is 11.3. The van der Waals surface area contributed by atoms with Crippen molar-refractivity contribution in [3.63, 3.8) is 0 Å². The third-order valence-corrected chi connectivity index (χ3v) is 2.63. The second-order valence-corrected chi connectivity index (χ2v) is 4.19. The van der Waals surface area contributed by atoms with E-state index in [4.69, 9.17) is 0 Å². The van der Waals surface area contributed by atoms with Crippen LogP contribution in [0.15, 0.2) is 30.4 Å². The molecular formula is C13H19NS. The number of nitrogens with zero attached hydrogens (tertiary/aromatic N) is 1. The van der Waals surface area contributed by atoms with Gasteiger partial charge in [-0.1, -0.05) is 29.8 Å². The van der Waals surface area contributed by atoms with Gasteiger partial charge < -0.3 is 4.90 Å². The van der Waals surface area contributed by atoms with Crippen molar-refractivity contribution in [2.75, 3.05) is 24.2 Å². The Kier molecular flexibility index (Phi) is 4.76. The number of aryl methyl sites for hydroxylation is 2. The van der Waals surface area contributed by atoms with E-state index in [9.17, 15) is 0 Å². The summed E-state index contributed by atoms with van der Waals surface area (Å²) >= 11 is 4.14. The predicted molar refractivity (Wildman–Crippen MR) is 72.2 cm³/mol. The molecule has 0 aromatic heterocycles. The molecule has 1 aromatic carbocycles. The zero-order valence-electron chi connectivity index (χ0n) is 9.70. The lowest BCUT2D eigenvalue weighted by Gasteiger charge is -2.20. The fourth-order valence-corrected chi connectivity index (χ4v) is 1.79. The van der Waals surface area contributed by atoms with E-state index < -0.39 is 0 Å². The highest BCUT2D eigenvalue weighted by Gasteiger charge is 2.02. The van der Waals surface area contributed by atoms with E-state index in [2.05, 4.69) is 68.8 Å². The van der Waals surface area contributed by atoms with Crippen molar-refractivity contribution in [2.45, 2.75) is 13.8 Å². The van der Waals surface area contributed by atoms with Gasteiger partial charge >= 0.3 is 0 Å². The molecule has 0 fully saturated rings. The van der Waals surface area contributed by atoms with Crippen LogP contribution in [0, 0.1) is 13.8 Å². The Morgan fingerprint density at radius 1 is 1.27 bits per heavy atom. The standard InChI is InChI=1S/C13H19NS/c1-11-6-7-13(12(2)10-11)14(3)8-4-5-9-15/h4-7,10,15H,8-9H2,1-3H3. The second kappa shape index (κ2) is 5.86. The molecule has 15 heavy (non-hydrogen) atoms. The summed E-state index contributed by atoms with van der Waals surface area (Å²) in [4.78, 5) is 2.24. The highest BCUT2D eigenvalue weighted by molar-refractivity contribution is 7.80. The van der Waals surface area contributed by atoms with Gasteiger partial charge in [0.2, 0.25) is 0 Å². The van der Waals surface area contributed by atoms with Crippen LogP contribution in [0.4, 0.5) is 5.69 Å². The van der Waals surface area contributed by atoms with Gasteiger partial charge in [-0.15, -0.1) is 0 Å². The van der Waals surface area contributed by atoms with Crippen LogP contribution in [0.3, 0.4) is 0 Å². The molecule has 0 spiro atoms. The van der Waals surface area contributed by atoms with Gasteiger partial charge in [0.05, 0.1) is 0 Å². The average molecular weight is 221 g/mol. The highest BCUT2D eigenvalue weighted by atomic mass is 32.1. The molecule has 0 amide bonds. The van der Waals surface area contributed by atoms with Crippen molar-refractivity contribution < 1.29 is 0 Å². The fourth-order valence-electron chi connectivity index (χ4n) is 1.64. The van der Waals surface area contributed by atoms with Crippen molar-refractivity contribution in [3.05, 3.63) is 41.5 Å². The van der Waals surface area contributed by atoms with Gasteiger partial charge in [-0.3, -0.25) is 0 Å². The van der Waals surface area contributed by atoms with Gasteiger partial charge in [-0.05, 0) is 25.5 Å². The first-order valence-electron chi connectivity index (χ1n) is 5.19. The molecule has 0 saturated carbocycles. The summed E-state index contributed by atoms with van der Waals surface area (Å²) in [5.41, 5.74) is 3.94. The lowest BCUT2D eigenvalue weighted by molar-refractivity contribution is 1.02. The Labute approximate surface area is 98.2 Å². The normalized spacial score (nSPS) is 10.9. The number of hydrogen-bond acceptors (Lipinski definition) is 2. The van der Waals surface area contributed by atoms with E-state index in [1.54, 1.807) is 0 Å². The molecule has 0 heterocycles. The maximum absolute atomic E-state index is 4.14. The minimum absolute atomic E-state index is 0.806. The summed E-state index contributed by atoms with van der Waals surface area (Å²) in [7, 11) is 2.11. The van der Waals surface area contributed by atoms with E-state index in [0.717, 1.165) is 12.3 Å². The Balaban J connectivity index is 2.73. The van der Waals surface area contributed by atoms with Crippen LogP contribution in [0.1, 0.15) is 11.1 Å². The smallest absolute Gasteiger partial charge is 0.0396 e. The number of rotatable bonds is 4. The molecule has 0 saturated heterocycles. The van der Waals surface area contributed by atoms with Gasteiger partial charge in [0, 0.05) is 25.0 Å². The quantitative estimate of drug-likeness (QED) is 0.603. The maximum atomic E-state index is 4.14. The van der Waals surface area contributed by atoms with Crippen LogP contribution >= 0.6 is 12.6 Å². The Morgan fingerprint density at radius 2 is 2.00 bits per heavy atom. The van der Waals surface area contributed by atoms with E-state index in [-0.39, 0.29) is 0 Å². The van der Waals surface area contributed by atoms with Crippen LogP contribution in [-0.4, -0.2) is 19.3 Å². The molecule has 0 bridgehead atoms. The van der Waals surface area contributed by atoms with Gasteiger partial charge in [0.15, 0.2) is 0 Å². The molecule has 2 heteroatoms. The molecule has 1 nitrogen and oxygen atoms in total. The van der Waals surface area contributed by atoms with Crippen LogP contribution in [-0.2, 0) is 0 Å². The van der Waals surface area contributed by atoms with Crippen LogP contribution in [0.5, 0.6) is 0 Å². The van der Waals surface area contributed by atoms with Crippen molar-refractivity contribution in [3.8, 4) is 0 Å². The summed E-state index contributed by atoms with van der Waals surface area (Å²) in [5.74, 6) is 0.806. The molecule has 1 rings (SSSR count). The molecule has 0 unspecified atom stereocenters. The minimum atomic E-state index is 0.806. The van der Waals surface area contributed by atoms with Crippen LogP contribution in [0.25, 0.3) is 0 Å². The molecule has 0 aliphatic rings. The van der Waals surface area contributed by atoms with E-state index in [0.29, 0.717) is 0 Å². The van der Waals surface area contributed by atoms with Gasteiger partial charge in [-0.2, -0.15) is 12.6 Å². The summed E-state index contributed by atoms with van der Waals surface area (Å²) in [6.45, 7) is 5.21. The van der Waals surface area contributed by atoms with Gasteiger partial charge in [0.1, 0.15) is 0 Å². The molecule has 0 atom stereocenters. The SMILES string of the molecule is Cc1ccc(N(C)CC=CCS)c(C)c1. The van der Waals surface area contributed by atoms with Gasteiger partial charge in [-0.25, -0.2) is 0 Å². The number of hydrogen-bond donors (Lipinski definition) is 1. The Hall–Kier alpha value is -0.890. The summed E-state index contributed by atoms with van der Waals surface area (Å²) in [6, 6.07) is 6.55. The van der Waals surface area contributed by atoms with E-state index in [1.807, 2.05) is 0 Å². The first-order chi connectivity index (χ1) is 7.15. The van der Waals surface area contributed by atoms with Crippen molar-refractivity contribution in [1.82, 2.24) is 0 Å². The van der Waals surface area contributed by atoms with Crippen molar-refractivity contribution in [2.24, 2.45) is 0 Å². The molecule has 0 aliphatic carbocycles. The Morgan fingerprint density at radius 3 is 2.60 bits per heavy atom. The summed E-state index contributed by atoms with van der Waals surface area (Å²) in [5, 5.41) is 0. The monoisotopic (exact) mass is 221 g/mol. The maximum Gasteiger partial charge on any atom is 0.0396 e. The predicted octanol–water partition coefficient (Wildman–Crippen LogP) is 3.23. The minimum Gasteiger partial charge on any atom is -0.371 e. The van der Waals surface area contributed by atoms with Gasteiger partial charge in [0.25, 0.3) is 0 Å². The molecule has 0 radical (unpaired) electrons. The lowest BCUT2D eigenvalue weighted by atomic mass is 10.1. The van der Waals surface area contributed by atoms with E-state index in [1.165, 1.54) is 16.8 Å². The van der Waals surface area contributed by atoms with E-state index >= 15 is 0 Å². The summed E-state index contributed by atoms with van der Waals surface area (Å²) < 4.78 is 0. The van der Waals surface area contributed by atoms with Crippen LogP contribution in [0.2, 0.25) is 0 Å². The molecule has 1 aromatic rings. The molecule has 0 N–H and O–H groups in total. The van der Waals surface area contributed by atoms with Crippen molar-refractivity contribution >= 4 is 18.3 Å². The third-order valence-electron chi connectivity index (χ3n) is 2.41. The molecule has 0 aliphatic heterocycles. The van der Waals surface area contributed by atoms with Crippen LogP contribution < -0.4 is 4.90 Å². The summed E-state index contributed by atoms with van der Waals surface area (Å²) in [6.07, 6.45) is 4.22. The number of benzene rings is 1. The first-order valence-corrected chi connectivity index (χ1v) is 5.82. The zero-order valence-corrected chi connectivity index (χ0v) is 10.6. The first kappa shape index (κ1) is 12.2. The Bertz CT molecular complexity index is 344. The highest BCUT2D eigenvalue weighted by Crippen LogP contribution is 2.19. The second-order valence-electron chi connectivity index (χ2n) is 3.82. The van der Waals surface area contributed by atoms with Crippen molar-refractivity contribution in [1.29, 1.82) is 0 Å². The number of likely N-dealkylation sites (N-methyl/N-ethyl adjacent to an activating group) is 1. The average Bonchev–Trinajstić information content (AvgIpc) is 2.17. The molecular weight excluding hydrogens is 202 g/mol. The fraction of sp³-hybridized carbons (Fsp3) is 0.385. The largest absolute Gasteiger partial charge is 0.371 e.